The van der Waals surface area contributed by atoms with Crippen molar-refractivity contribution in [1.82, 2.24) is 28.7 Å². The molecule has 0 unspecified atom stereocenters. The summed E-state index contributed by atoms with van der Waals surface area (Å²) in [5, 5.41) is 89.2. The molecule has 0 spiro atoms. The van der Waals surface area contributed by atoms with Crippen molar-refractivity contribution >= 4 is 33.1 Å². The maximum atomic E-state index is 10.6. The molecule has 51 heavy (non-hydrogen) atoms. The van der Waals surface area contributed by atoms with Crippen LogP contribution in [0.15, 0.2) is 54.6 Å². The molecule has 7 aromatic rings. The van der Waals surface area contributed by atoms with Crippen LogP contribution < -0.4 is 0 Å². The molecule has 0 radical (unpaired) electrons. The van der Waals surface area contributed by atoms with Crippen LogP contribution in [0.5, 0.6) is 0 Å². The third-order valence-corrected chi connectivity index (χ3v) is 8.16. The largest absolute Gasteiger partial charge is 0.225 e. The minimum absolute atomic E-state index is 0.0258. The smallest absolute Gasteiger partial charge is 0.190 e. The molecule has 0 aliphatic heterocycles. The Hall–Kier alpha value is -9.30. The van der Waals surface area contributed by atoms with Crippen LogP contribution in [0, 0.1) is 102 Å². The van der Waals surface area contributed by atoms with E-state index in [1.54, 1.807) is 0 Å². The SMILES string of the molecule is N#Cc1ccc(-c2nc3c(c4nc(-c5ccc(C#N)c(C#N)c5)n(C#N)c4c4nc(-c5ccc(C#N)c(C#N)c5)n(C#N)c34)n2C#N)cc1C#N. The third kappa shape index (κ3) is 4.25. The first kappa shape index (κ1) is 30.4. The minimum Gasteiger partial charge on any atom is -0.225 e. The summed E-state index contributed by atoms with van der Waals surface area (Å²) in [4.78, 5) is 14.3. The molecule has 0 fully saturated rings. The first-order valence-electron chi connectivity index (χ1n) is 14.3. The van der Waals surface area contributed by atoms with Gasteiger partial charge in [0.25, 0.3) is 0 Å². The summed E-state index contributed by atoms with van der Waals surface area (Å²) in [5.74, 6) is 0.0774. The Labute approximate surface area is 285 Å². The highest BCUT2D eigenvalue weighted by molar-refractivity contribution is 6.21. The van der Waals surface area contributed by atoms with Crippen LogP contribution in [0.3, 0.4) is 0 Å². The molecule has 0 amide bonds. The van der Waals surface area contributed by atoms with E-state index in [0.29, 0.717) is 0 Å². The maximum Gasteiger partial charge on any atom is 0.190 e. The Bertz CT molecular complexity index is 2770. The summed E-state index contributed by atoms with van der Waals surface area (Å²) in [6, 6.07) is 24.7. The fourth-order valence-corrected chi connectivity index (χ4v) is 5.90. The fourth-order valence-electron chi connectivity index (χ4n) is 5.90. The Balaban J connectivity index is 1.70. The molecule has 3 aromatic heterocycles. The topological polar surface area (TPSA) is 268 Å². The molecule has 0 aliphatic rings. The van der Waals surface area contributed by atoms with Crippen LogP contribution in [0.25, 0.3) is 67.3 Å². The summed E-state index contributed by atoms with van der Waals surface area (Å²) >= 11 is 0. The number of imidazole rings is 3. The predicted octanol–water partition coefficient (Wildman–Crippen LogP) is 4.95. The number of fused-ring (bicyclic) bond motifs is 6. The van der Waals surface area contributed by atoms with Gasteiger partial charge in [0.05, 0.1) is 33.4 Å². The molecule has 0 bridgehead atoms. The van der Waals surface area contributed by atoms with E-state index >= 15 is 0 Å². The Morgan fingerprint density at radius 3 is 0.824 bits per heavy atom. The second kappa shape index (κ2) is 11.5. The molecule has 15 nitrogen and oxygen atoms in total. The van der Waals surface area contributed by atoms with Gasteiger partial charge in [-0.25, -0.2) is 28.7 Å². The second-order valence-electron chi connectivity index (χ2n) is 10.7. The van der Waals surface area contributed by atoms with Crippen molar-refractivity contribution in [2.75, 3.05) is 0 Å². The molecular weight excluding hydrogens is 643 g/mol. The summed E-state index contributed by atoms with van der Waals surface area (Å²) in [6.45, 7) is 0. The number of nitriles is 9. The quantitative estimate of drug-likeness (QED) is 0.245. The normalized spacial score (nSPS) is 10.2. The van der Waals surface area contributed by atoms with Crippen molar-refractivity contribution in [2.24, 2.45) is 0 Å². The first-order chi connectivity index (χ1) is 24.9. The molecule has 0 N–H and O–H groups in total. The van der Waals surface area contributed by atoms with Gasteiger partial charge in [-0.3, -0.25) is 0 Å². The standard InChI is InChI=1S/C36H9N15/c37-10-22-4-1-19(7-25(22)13-40)34-46-28-31(49(34)16-43)29-33(51(18-45)35(47-29)20-2-5-23(11-38)26(8-20)14-41)30-32(28)50(17-44)36(48-30)21-3-6-24(12-39)27(9-21)15-42/h1-9H. The Morgan fingerprint density at radius 2 is 0.608 bits per heavy atom. The number of aromatic nitrogens is 6. The lowest BCUT2D eigenvalue weighted by Gasteiger charge is -2.03. The lowest BCUT2D eigenvalue weighted by Crippen LogP contribution is -1.96. The van der Waals surface area contributed by atoms with Gasteiger partial charge in [0.15, 0.2) is 36.1 Å². The number of benzene rings is 4. The van der Waals surface area contributed by atoms with Gasteiger partial charge in [0, 0.05) is 16.7 Å². The Morgan fingerprint density at radius 1 is 0.353 bits per heavy atom. The zero-order chi connectivity index (χ0) is 36.0. The van der Waals surface area contributed by atoms with Gasteiger partial charge in [-0.1, -0.05) is 0 Å². The van der Waals surface area contributed by atoms with Gasteiger partial charge >= 0.3 is 0 Å². The van der Waals surface area contributed by atoms with Crippen LogP contribution in [0.4, 0.5) is 0 Å². The van der Waals surface area contributed by atoms with Gasteiger partial charge in [0.2, 0.25) is 0 Å². The highest BCUT2D eigenvalue weighted by Gasteiger charge is 2.30. The highest BCUT2D eigenvalue weighted by atomic mass is 15.2. The van der Waals surface area contributed by atoms with Crippen molar-refractivity contribution in [2.45, 2.75) is 0 Å². The number of hydrogen-bond acceptors (Lipinski definition) is 12. The van der Waals surface area contributed by atoms with Crippen LogP contribution >= 0.6 is 0 Å². The monoisotopic (exact) mass is 651 g/mol. The molecule has 228 valence electrons. The van der Waals surface area contributed by atoms with Crippen molar-refractivity contribution in [3.63, 3.8) is 0 Å². The summed E-state index contributed by atoms with van der Waals surface area (Å²) in [6.07, 6.45) is 6.24. The van der Waals surface area contributed by atoms with Gasteiger partial charge in [-0.05, 0) is 54.6 Å². The van der Waals surface area contributed by atoms with Crippen LogP contribution in [0.2, 0.25) is 0 Å². The van der Waals surface area contributed by atoms with E-state index in [1.807, 2.05) is 36.4 Å². The molecule has 4 aromatic carbocycles. The van der Waals surface area contributed by atoms with E-state index in [4.69, 9.17) is 15.0 Å². The zero-order valence-electron chi connectivity index (χ0n) is 25.4. The minimum atomic E-state index is 0.0258. The molecule has 0 saturated carbocycles. The lowest BCUT2D eigenvalue weighted by atomic mass is 10.1. The number of rotatable bonds is 3. The van der Waals surface area contributed by atoms with E-state index in [-0.39, 0.29) is 101 Å². The molecule has 7 rings (SSSR count). The average Bonchev–Trinajstić information content (AvgIpc) is 3.88. The maximum absolute atomic E-state index is 10.6. The highest BCUT2D eigenvalue weighted by Crippen LogP contribution is 2.41. The summed E-state index contributed by atoms with van der Waals surface area (Å²) in [5.41, 5.74) is 1.68. The third-order valence-electron chi connectivity index (χ3n) is 8.16. The zero-order valence-corrected chi connectivity index (χ0v) is 25.4. The van der Waals surface area contributed by atoms with E-state index in [9.17, 15) is 47.4 Å². The number of nitrogens with zero attached hydrogens (tertiary/aromatic N) is 15. The van der Waals surface area contributed by atoms with E-state index in [1.165, 1.54) is 54.6 Å². The lowest BCUT2D eigenvalue weighted by molar-refractivity contribution is 1.12. The van der Waals surface area contributed by atoms with Gasteiger partial charge in [-0.2, -0.15) is 47.4 Å². The number of hydrogen-bond donors (Lipinski definition) is 0. The van der Waals surface area contributed by atoms with Crippen LogP contribution in [0.1, 0.15) is 33.4 Å². The Kier molecular flexibility index (Phi) is 6.84. The molecule has 0 aliphatic carbocycles. The summed E-state index contributed by atoms with van der Waals surface area (Å²) < 4.78 is 3.38. The molecular formula is C36H9N15. The predicted molar refractivity (Wildman–Crippen MR) is 174 cm³/mol. The van der Waals surface area contributed by atoms with E-state index in [2.05, 4.69) is 18.6 Å². The van der Waals surface area contributed by atoms with Gasteiger partial charge < -0.3 is 0 Å². The second-order valence-corrected chi connectivity index (χ2v) is 10.7. The van der Waals surface area contributed by atoms with E-state index < -0.39 is 0 Å². The van der Waals surface area contributed by atoms with Crippen LogP contribution in [-0.2, 0) is 0 Å². The van der Waals surface area contributed by atoms with Crippen molar-refractivity contribution in [1.29, 1.82) is 47.4 Å². The fraction of sp³-hybridized carbons (Fsp3) is 0. The van der Waals surface area contributed by atoms with Crippen LogP contribution in [-0.4, -0.2) is 28.7 Å². The van der Waals surface area contributed by atoms with Gasteiger partial charge in [0.1, 0.15) is 69.5 Å². The van der Waals surface area contributed by atoms with Crippen molar-refractivity contribution < 1.29 is 0 Å². The van der Waals surface area contributed by atoms with E-state index in [0.717, 1.165) is 13.7 Å². The van der Waals surface area contributed by atoms with Gasteiger partial charge in [-0.15, -0.1) is 0 Å². The van der Waals surface area contributed by atoms with Crippen molar-refractivity contribution in [3.8, 4) is 89.2 Å². The molecule has 15 heteroatoms. The van der Waals surface area contributed by atoms with Crippen molar-refractivity contribution in [3.05, 3.63) is 88.0 Å². The summed E-state index contributed by atoms with van der Waals surface area (Å²) in [7, 11) is 0. The average molecular weight is 652 g/mol. The molecule has 3 heterocycles. The first-order valence-corrected chi connectivity index (χ1v) is 14.3. The molecule has 0 saturated heterocycles. The molecule has 0 atom stereocenters.